The first-order valence-corrected chi connectivity index (χ1v) is 12.0. The normalized spacial score (nSPS) is 12.6. The number of benzene rings is 3. The summed E-state index contributed by atoms with van der Waals surface area (Å²) in [5.41, 5.74) is 9.69. The van der Waals surface area contributed by atoms with Gasteiger partial charge in [-0.1, -0.05) is 60.7 Å². The highest BCUT2D eigenvalue weighted by Gasteiger charge is 2.22. The van der Waals surface area contributed by atoms with Gasteiger partial charge in [0.05, 0.1) is 6.54 Å². The third-order valence-electron chi connectivity index (χ3n) is 6.16. The predicted octanol–water partition coefficient (Wildman–Crippen LogP) is 5.55. The molecule has 1 amide bonds. The molecule has 0 fully saturated rings. The minimum Gasteiger partial charge on any atom is -0.438 e. The molecule has 1 aliphatic heterocycles. The SMILES string of the molecule is NC(=O)C1=NCC=C1c1cccnc1Oc1ccc(Nc2nnc(-c3ccccc3)c3ccccc23)cc1. The van der Waals surface area contributed by atoms with Crippen molar-refractivity contribution in [2.24, 2.45) is 10.7 Å². The maximum absolute atomic E-state index is 11.8. The Hall–Kier alpha value is -5.37. The molecule has 0 unspecified atom stereocenters. The highest BCUT2D eigenvalue weighted by molar-refractivity contribution is 6.56. The lowest BCUT2D eigenvalue weighted by Crippen LogP contribution is -2.23. The molecule has 0 atom stereocenters. The van der Waals surface area contributed by atoms with Gasteiger partial charge in [-0.3, -0.25) is 9.79 Å². The van der Waals surface area contributed by atoms with E-state index in [0.717, 1.165) is 27.7 Å². The zero-order chi connectivity index (χ0) is 25.9. The van der Waals surface area contributed by atoms with E-state index in [1.165, 1.54) is 0 Å². The van der Waals surface area contributed by atoms with Gasteiger partial charge in [0.25, 0.3) is 5.91 Å². The van der Waals surface area contributed by atoms with E-state index in [1.54, 1.807) is 12.3 Å². The molecule has 8 nitrogen and oxygen atoms in total. The molecule has 8 heteroatoms. The number of aliphatic imine (C=N–C) groups is 1. The summed E-state index contributed by atoms with van der Waals surface area (Å²) >= 11 is 0. The third kappa shape index (κ3) is 4.46. The van der Waals surface area contributed by atoms with Crippen molar-refractivity contribution in [3.05, 3.63) is 109 Å². The van der Waals surface area contributed by atoms with E-state index < -0.39 is 5.91 Å². The molecule has 2 aromatic heterocycles. The smallest absolute Gasteiger partial charge is 0.267 e. The zero-order valence-electron chi connectivity index (χ0n) is 20.2. The Balaban J connectivity index is 1.25. The molecular weight excluding hydrogens is 476 g/mol. The van der Waals surface area contributed by atoms with E-state index in [4.69, 9.17) is 10.5 Å². The van der Waals surface area contributed by atoms with Gasteiger partial charge in [0.1, 0.15) is 17.2 Å². The molecular formula is C30H22N6O2. The second kappa shape index (κ2) is 9.94. The number of fused-ring (bicyclic) bond motifs is 1. The molecule has 6 rings (SSSR count). The summed E-state index contributed by atoms with van der Waals surface area (Å²) in [7, 11) is 0. The summed E-state index contributed by atoms with van der Waals surface area (Å²) in [5, 5.41) is 14.4. The summed E-state index contributed by atoms with van der Waals surface area (Å²) in [5.74, 6) is 1.03. The summed E-state index contributed by atoms with van der Waals surface area (Å²) < 4.78 is 6.08. The minimum absolute atomic E-state index is 0.231. The molecule has 0 aliphatic carbocycles. The molecule has 3 heterocycles. The number of ether oxygens (including phenoxy) is 1. The van der Waals surface area contributed by atoms with Gasteiger partial charge in [-0.2, -0.15) is 0 Å². The van der Waals surface area contributed by atoms with Gasteiger partial charge in [-0.05, 0) is 36.4 Å². The van der Waals surface area contributed by atoms with Gasteiger partial charge in [0.2, 0.25) is 5.88 Å². The van der Waals surface area contributed by atoms with Gasteiger partial charge in [-0.25, -0.2) is 4.98 Å². The number of anilines is 2. The van der Waals surface area contributed by atoms with Crippen molar-refractivity contribution in [2.75, 3.05) is 11.9 Å². The highest BCUT2D eigenvalue weighted by Crippen LogP contribution is 2.33. The number of primary amides is 1. The fourth-order valence-corrected chi connectivity index (χ4v) is 4.40. The fraction of sp³-hybridized carbons (Fsp3) is 0.0333. The van der Waals surface area contributed by atoms with Crippen LogP contribution in [0.2, 0.25) is 0 Å². The van der Waals surface area contributed by atoms with Crippen LogP contribution in [0.25, 0.3) is 27.6 Å². The first kappa shape index (κ1) is 23.1. The number of aromatic nitrogens is 3. The number of nitrogens with zero attached hydrogens (tertiary/aromatic N) is 4. The first-order chi connectivity index (χ1) is 18.7. The summed E-state index contributed by atoms with van der Waals surface area (Å²) in [6, 6.07) is 29.1. The van der Waals surface area contributed by atoms with Crippen molar-refractivity contribution >= 4 is 39.5 Å². The van der Waals surface area contributed by atoms with Crippen molar-refractivity contribution in [2.45, 2.75) is 0 Å². The van der Waals surface area contributed by atoms with Gasteiger partial charge in [-0.15, -0.1) is 10.2 Å². The Morgan fingerprint density at radius 2 is 1.61 bits per heavy atom. The lowest BCUT2D eigenvalue weighted by atomic mass is 10.0. The van der Waals surface area contributed by atoms with Crippen LogP contribution in [-0.4, -0.2) is 33.3 Å². The van der Waals surface area contributed by atoms with Crippen LogP contribution in [0.3, 0.4) is 0 Å². The summed E-state index contributed by atoms with van der Waals surface area (Å²) in [6.07, 6.45) is 3.47. The van der Waals surface area contributed by atoms with Crippen LogP contribution in [0.15, 0.2) is 108 Å². The number of pyridine rings is 1. The van der Waals surface area contributed by atoms with Crippen molar-refractivity contribution < 1.29 is 9.53 Å². The van der Waals surface area contributed by atoms with Crippen LogP contribution in [0.5, 0.6) is 11.6 Å². The van der Waals surface area contributed by atoms with E-state index in [1.807, 2.05) is 91.0 Å². The number of hydrogen-bond acceptors (Lipinski definition) is 7. The van der Waals surface area contributed by atoms with E-state index in [0.29, 0.717) is 35.1 Å². The quantitative estimate of drug-likeness (QED) is 0.304. The van der Waals surface area contributed by atoms with Crippen molar-refractivity contribution in [3.63, 3.8) is 0 Å². The average molecular weight is 499 g/mol. The van der Waals surface area contributed by atoms with Crippen LogP contribution in [0.1, 0.15) is 5.56 Å². The van der Waals surface area contributed by atoms with Crippen LogP contribution in [0.4, 0.5) is 11.5 Å². The number of rotatable bonds is 7. The Kier molecular flexibility index (Phi) is 6.03. The summed E-state index contributed by atoms with van der Waals surface area (Å²) in [6.45, 7) is 0.395. The fourth-order valence-electron chi connectivity index (χ4n) is 4.40. The maximum atomic E-state index is 11.8. The number of carbonyl (C=O) groups excluding carboxylic acids is 1. The molecule has 3 aromatic carbocycles. The number of nitrogens with two attached hydrogens (primary N) is 1. The van der Waals surface area contributed by atoms with Crippen LogP contribution >= 0.6 is 0 Å². The summed E-state index contributed by atoms with van der Waals surface area (Å²) in [4.78, 5) is 20.3. The second-order valence-electron chi connectivity index (χ2n) is 8.59. The number of carbonyl (C=O) groups is 1. The third-order valence-corrected chi connectivity index (χ3v) is 6.16. The molecule has 38 heavy (non-hydrogen) atoms. The lowest BCUT2D eigenvalue weighted by Gasteiger charge is -2.13. The zero-order valence-corrected chi connectivity index (χ0v) is 20.2. The van der Waals surface area contributed by atoms with E-state index in [9.17, 15) is 4.79 Å². The molecule has 184 valence electrons. The Morgan fingerprint density at radius 3 is 2.39 bits per heavy atom. The van der Waals surface area contributed by atoms with E-state index >= 15 is 0 Å². The monoisotopic (exact) mass is 498 g/mol. The standard InChI is InChI=1S/C30H22N6O2/c31-28(37)27-23(16-18-32-27)25-11-6-17-33-30(25)38-21-14-12-20(13-15-21)34-29-24-10-5-4-9-22(24)26(35-36-29)19-7-2-1-3-8-19/h1-17H,18H2,(H2,31,37)(H,34,36). The Labute approximate surface area is 218 Å². The van der Waals surface area contributed by atoms with Crippen molar-refractivity contribution in [1.82, 2.24) is 15.2 Å². The minimum atomic E-state index is -0.577. The van der Waals surface area contributed by atoms with Crippen molar-refractivity contribution in [3.8, 4) is 22.9 Å². The molecule has 0 bridgehead atoms. The molecule has 0 spiro atoms. The van der Waals surface area contributed by atoms with Crippen molar-refractivity contribution in [1.29, 1.82) is 0 Å². The Bertz CT molecular complexity index is 1710. The largest absolute Gasteiger partial charge is 0.438 e. The maximum Gasteiger partial charge on any atom is 0.267 e. The van der Waals surface area contributed by atoms with Crippen LogP contribution < -0.4 is 15.8 Å². The first-order valence-electron chi connectivity index (χ1n) is 12.0. The predicted molar refractivity (Wildman–Crippen MR) is 148 cm³/mol. The van der Waals surface area contributed by atoms with Gasteiger partial charge in [0.15, 0.2) is 5.82 Å². The topological polar surface area (TPSA) is 115 Å². The number of hydrogen-bond donors (Lipinski definition) is 2. The lowest BCUT2D eigenvalue weighted by molar-refractivity contribution is -0.111. The molecule has 3 N–H and O–H groups in total. The van der Waals surface area contributed by atoms with Gasteiger partial charge < -0.3 is 15.8 Å². The van der Waals surface area contributed by atoms with Crippen LogP contribution in [-0.2, 0) is 4.79 Å². The molecule has 5 aromatic rings. The number of amides is 1. The van der Waals surface area contributed by atoms with Gasteiger partial charge >= 0.3 is 0 Å². The Morgan fingerprint density at radius 1 is 0.842 bits per heavy atom. The second-order valence-corrected chi connectivity index (χ2v) is 8.59. The average Bonchev–Trinajstić information content (AvgIpc) is 3.45. The molecule has 0 radical (unpaired) electrons. The van der Waals surface area contributed by atoms with E-state index in [-0.39, 0.29) is 5.71 Å². The molecule has 1 aliphatic rings. The number of nitrogens with one attached hydrogen (secondary N) is 1. The van der Waals surface area contributed by atoms with Gasteiger partial charge in [0, 0.05) is 39.4 Å². The van der Waals surface area contributed by atoms with Crippen LogP contribution in [0, 0.1) is 0 Å². The van der Waals surface area contributed by atoms with E-state index in [2.05, 4.69) is 25.5 Å². The molecule has 0 saturated heterocycles. The highest BCUT2D eigenvalue weighted by atomic mass is 16.5. The molecule has 0 saturated carbocycles.